The molecule has 4 heteroatoms. The Balaban J connectivity index is 2.29. The van der Waals surface area contributed by atoms with Crippen molar-refractivity contribution in [2.75, 3.05) is 13.6 Å². The van der Waals surface area contributed by atoms with Crippen molar-refractivity contribution < 1.29 is 9.59 Å². The van der Waals surface area contributed by atoms with E-state index in [1.807, 2.05) is 38.1 Å². The molecule has 2 rings (SSSR count). The molecule has 120 valence electrons. The smallest absolute Gasteiger partial charge is 0.306 e. The standard InChI is InChI=1S/C18H26N2O2/c1-5-6-7-8-13-20-17(22)19(4)16(21)18(20,3)15-11-9-14(2)10-12-15/h9-12H,5-8,13H2,1-4H3/t18-/m1/s1. The Kier molecular flexibility index (Phi) is 4.89. The molecule has 0 N–H and O–H groups in total. The molecule has 0 radical (unpaired) electrons. The molecule has 0 unspecified atom stereocenters. The van der Waals surface area contributed by atoms with E-state index in [0.29, 0.717) is 6.54 Å². The Morgan fingerprint density at radius 2 is 1.68 bits per heavy atom. The van der Waals surface area contributed by atoms with E-state index in [0.717, 1.165) is 36.8 Å². The van der Waals surface area contributed by atoms with Gasteiger partial charge in [-0.05, 0) is 25.8 Å². The van der Waals surface area contributed by atoms with Gasteiger partial charge in [0.25, 0.3) is 5.91 Å². The van der Waals surface area contributed by atoms with Gasteiger partial charge < -0.3 is 4.90 Å². The first-order chi connectivity index (χ1) is 10.4. The van der Waals surface area contributed by atoms with Crippen LogP contribution in [-0.2, 0) is 10.3 Å². The van der Waals surface area contributed by atoms with Gasteiger partial charge in [-0.25, -0.2) is 4.79 Å². The number of carbonyl (C=O) groups excluding carboxylic acids is 2. The summed E-state index contributed by atoms with van der Waals surface area (Å²) in [5.74, 6) is -0.142. The largest absolute Gasteiger partial charge is 0.327 e. The van der Waals surface area contributed by atoms with E-state index >= 15 is 0 Å². The van der Waals surface area contributed by atoms with Crippen molar-refractivity contribution in [3.8, 4) is 0 Å². The first-order valence-corrected chi connectivity index (χ1v) is 8.09. The lowest BCUT2D eigenvalue weighted by Gasteiger charge is -2.32. The zero-order valence-electron chi connectivity index (χ0n) is 14.1. The maximum atomic E-state index is 12.7. The molecule has 1 atom stereocenters. The van der Waals surface area contributed by atoms with Crippen LogP contribution in [0.3, 0.4) is 0 Å². The van der Waals surface area contributed by atoms with Gasteiger partial charge in [-0.1, -0.05) is 56.0 Å². The molecule has 1 aliphatic heterocycles. The highest BCUT2D eigenvalue weighted by Gasteiger charge is 2.53. The lowest BCUT2D eigenvalue weighted by atomic mass is 9.89. The fraction of sp³-hybridized carbons (Fsp3) is 0.556. The molecule has 22 heavy (non-hydrogen) atoms. The van der Waals surface area contributed by atoms with Gasteiger partial charge >= 0.3 is 6.03 Å². The quantitative estimate of drug-likeness (QED) is 0.594. The number of likely N-dealkylation sites (N-methyl/N-ethyl adjacent to an activating group) is 1. The molecule has 1 heterocycles. The van der Waals surface area contributed by atoms with E-state index in [4.69, 9.17) is 0 Å². The number of urea groups is 1. The lowest BCUT2D eigenvalue weighted by molar-refractivity contribution is -0.132. The molecule has 1 fully saturated rings. The van der Waals surface area contributed by atoms with Crippen molar-refractivity contribution in [2.24, 2.45) is 0 Å². The Hall–Kier alpha value is -1.84. The molecular formula is C18H26N2O2. The van der Waals surface area contributed by atoms with E-state index in [2.05, 4.69) is 6.92 Å². The monoisotopic (exact) mass is 302 g/mol. The third-order valence-corrected chi connectivity index (χ3v) is 4.63. The molecule has 1 aromatic rings. The highest BCUT2D eigenvalue weighted by atomic mass is 16.2. The number of hydrogen-bond acceptors (Lipinski definition) is 2. The molecule has 0 saturated carbocycles. The zero-order chi connectivity index (χ0) is 16.3. The molecule has 0 spiro atoms. The van der Waals surface area contributed by atoms with Gasteiger partial charge in [-0.3, -0.25) is 9.69 Å². The summed E-state index contributed by atoms with van der Waals surface area (Å²) >= 11 is 0. The van der Waals surface area contributed by atoms with Crippen molar-refractivity contribution in [3.05, 3.63) is 35.4 Å². The van der Waals surface area contributed by atoms with Crippen molar-refractivity contribution >= 4 is 11.9 Å². The fourth-order valence-corrected chi connectivity index (χ4v) is 3.07. The number of imide groups is 1. The molecular weight excluding hydrogens is 276 g/mol. The summed E-state index contributed by atoms with van der Waals surface area (Å²) < 4.78 is 0. The topological polar surface area (TPSA) is 40.6 Å². The zero-order valence-corrected chi connectivity index (χ0v) is 14.1. The molecule has 0 aliphatic carbocycles. The second kappa shape index (κ2) is 6.51. The summed E-state index contributed by atoms with van der Waals surface area (Å²) in [6, 6.07) is 7.71. The summed E-state index contributed by atoms with van der Waals surface area (Å²) in [6.45, 7) is 6.66. The Labute approximate surface area is 133 Å². The van der Waals surface area contributed by atoms with Crippen LogP contribution in [0.2, 0.25) is 0 Å². The molecule has 1 aliphatic rings. The number of nitrogens with zero attached hydrogens (tertiary/aromatic N) is 2. The van der Waals surface area contributed by atoms with Gasteiger partial charge in [-0.2, -0.15) is 0 Å². The van der Waals surface area contributed by atoms with Gasteiger partial charge in [-0.15, -0.1) is 0 Å². The third kappa shape index (κ3) is 2.74. The number of unbranched alkanes of at least 4 members (excludes halogenated alkanes) is 3. The van der Waals surface area contributed by atoms with Crippen LogP contribution in [0.5, 0.6) is 0 Å². The van der Waals surface area contributed by atoms with Crippen LogP contribution in [-0.4, -0.2) is 35.3 Å². The van der Waals surface area contributed by atoms with E-state index < -0.39 is 5.54 Å². The van der Waals surface area contributed by atoms with Crippen molar-refractivity contribution in [1.82, 2.24) is 9.80 Å². The summed E-state index contributed by atoms with van der Waals surface area (Å²) in [4.78, 5) is 28.1. The van der Waals surface area contributed by atoms with E-state index in [1.54, 1.807) is 11.9 Å². The van der Waals surface area contributed by atoms with Gasteiger partial charge in [0.05, 0.1) is 0 Å². The molecule has 0 aromatic heterocycles. The van der Waals surface area contributed by atoms with Crippen molar-refractivity contribution in [1.29, 1.82) is 0 Å². The Morgan fingerprint density at radius 1 is 1.05 bits per heavy atom. The number of rotatable bonds is 6. The van der Waals surface area contributed by atoms with Gasteiger partial charge in [0.1, 0.15) is 5.54 Å². The second-order valence-corrected chi connectivity index (χ2v) is 6.30. The summed E-state index contributed by atoms with van der Waals surface area (Å²) in [6.07, 6.45) is 4.33. The van der Waals surface area contributed by atoms with Crippen molar-refractivity contribution in [2.45, 2.75) is 52.0 Å². The van der Waals surface area contributed by atoms with Crippen LogP contribution in [0.25, 0.3) is 0 Å². The minimum Gasteiger partial charge on any atom is -0.306 e. The molecule has 3 amide bonds. The van der Waals surface area contributed by atoms with Crippen molar-refractivity contribution in [3.63, 3.8) is 0 Å². The number of hydrogen-bond donors (Lipinski definition) is 0. The Bertz CT molecular complexity index is 553. The van der Waals surface area contributed by atoms with Gasteiger partial charge in [0.15, 0.2) is 0 Å². The minimum absolute atomic E-state index is 0.142. The molecule has 1 aromatic carbocycles. The van der Waals surface area contributed by atoms with E-state index in [1.165, 1.54) is 4.90 Å². The average Bonchev–Trinajstić information content (AvgIpc) is 2.67. The van der Waals surface area contributed by atoms with Crippen LogP contribution in [0.1, 0.15) is 50.7 Å². The first kappa shape index (κ1) is 16.5. The van der Waals surface area contributed by atoms with Gasteiger partial charge in [0, 0.05) is 13.6 Å². The third-order valence-electron chi connectivity index (χ3n) is 4.63. The molecule has 4 nitrogen and oxygen atoms in total. The van der Waals surface area contributed by atoms with E-state index in [-0.39, 0.29) is 11.9 Å². The Morgan fingerprint density at radius 3 is 2.27 bits per heavy atom. The minimum atomic E-state index is -0.883. The summed E-state index contributed by atoms with van der Waals surface area (Å²) in [5, 5.41) is 0. The fourth-order valence-electron chi connectivity index (χ4n) is 3.07. The first-order valence-electron chi connectivity index (χ1n) is 8.09. The second-order valence-electron chi connectivity index (χ2n) is 6.30. The number of carbonyl (C=O) groups is 2. The predicted molar refractivity (Wildman–Crippen MR) is 87.5 cm³/mol. The SMILES string of the molecule is CCCCCCN1C(=O)N(C)C(=O)[C@@]1(C)c1ccc(C)cc1. The summed E-state index contributed by atoms with van der Waals surface area (Å²) in [7, 11) is 1.57. The van der Waals surface area contributed by atoms with Crippen LogP contribution in [0, 0.1) is 6.92 Å². The molecule has 1 saturated heterocycles. The maximum absolute atomic E-state index is 12.7. The maximum Gasteiger partial charge on any atom is 0.327 e. The normalized spacial score (nSPS) is 21.8. The average molecular weight is 302 g/mol. The predicted octanol–water partition coefficient (Wildman–Crippen LogP) is 3.68. The van der Waals surface area contributed by atoms with Crippen LogP contribution >= 0.6 is 0 Å². The lowest BCUT2D eigenvalue weighted by Crippen LogP contribution is -2.44. The summed E-state index contributed by atoms with van der Waals surface area (Å²) in [5.41, 5.74) is 1.15. The highest BCUT2D eigenvalue weighted by Crippen LogP contribution is 2.36. The number of benzene rings is 1. The van der Waals surface area contributed by atoms with Crippen LogP contribution in [0.4, 0.5) is 4.79 Å². The van der Waals surface area contributed by atoms with Crippen LogP contribution < -0.4 is 0 Å². The highest BCUT2D eigenvalue weighted by molar-refractivity contribution is 6.06. The number of amides is 3. The number of aryl methyl sites for hydroxylation is 1. The van der Waals surface area contributed by atoms with E-state index in [9.17, 15) is 9.59 Å². The van der Waals surface area contributed by atoms with Gasteiger partial charge in [0.2, 0.25) is 0 Å². The van der Waals surface area contributed by atoms with Crippen LogP contribution in [0.15, 0.2) is 24.3 Å². The molecule has 0 bridgehead atoms.